The van der Waals surface area contributed by atoms with Crippen LogP contribution in [0.25, 0.3) is 0 Å². The first-order valence-corrected chi connectivity index (χ1v) is 8.17. The van der Waals surface area contributed by atoms with Crippen molar-refractivity contribution in [3.05, 3.63) is 52.8 Å². The average molecular weight is 492 g/mol. The molecule has 0 radical (unpaired) electrons. The third kappa shape index (κ3) is 4.50. The Balaban J connectivity index is 0.00000243. The lowest BCUT2D eigenvalue weighted by molar-refractivity contribution is 0.355. The fourth-order valence-corrected chi connectivity index (χ4v) is 3.08. The highest BCUT2D eigenvalue weighted by molar-refractivity contribution is 14.0. The molecule has 0 heterocycles. The molecule has 5 nitrogen and oxygen atoms in total. The average Bonchev–Trinajstić information content (AvgIpc) is 3.32. The third-order valence-corrected chi connectivity index (χ3v) is 4.42. The number of benzene rings is 2. The van der Waals surface area contributed by atoms with Crippen LogP contribution in [0, 0.1) is 5.82 Å². The quantitative estimate of drug-likeness (QED) is 0.370. The van der Waals surface area contributed by atoms with E-state index in [2.05, 4.69) is 10.3 Å². The van der Waals surface area contributed by atoms with Crippen LogP contribution in [0.3, 0.4) is 0 Å². The maximum absolute atomic E-state index is 13.9. The van der Waals surface area contributed by atoms with Crippen molar-refractivity contribution in [3.63, 3.8) is 0 Å². The second-order valence-electron chi connectivity index (χ2n) is 5.75. The van der Waals surface area contributed by atoms with Crippen LogP contribution < -0.4 is 20.5 Å². The number of hydrogen-bond donors (Lipinski definition) is 2. The minimum Gasteiger partial charge on any atom is -0.493 e. The van der Waals surface area contributed by atoms with Crippen molar-refractivity contribution in [1.29, 1.82) is 0 Å². The van der Waals surface area contributed by atoms with E-state index in [0.29, 0.717) is 22.1 Å². The van der Waals surface area contributed by atoms with Crippen molar-refractivity contribution in [1.82, 2.24) is 0 Å². The maximum Gasteiger partial charge on any atom is 0.193 e. The summed E-state index contributed by atoms with van der Waals surface area (Å²) in [7, 11) is 3.13. The van der Waals surface area contributed by atoms with E-state index in [0.717, 1.165) is 12.1 Å². The van der Waals surface area contributed by atoms with Crippen LogP contribution in [0.1, 0.15) is 17.9 Å². The Morgan fingerprint density at radius 2 is 1.96 bits per heavy atom. The molecule has 0 aliphatic heterocycles. The fourth-order valence-electron chi connectivity index (χ4n) is 2.77. The van der Waals surface area contributed by atoms with Gasteiger partial charge in [-0.15, -0.1) is 24.0 Å². The molecule has 8 heteroatoms. The molecule has 1 saturated carbocycles. The summed E-state index contributed by atoms with van der Waals surface area (Å²) in [5, 5.41) is 3.43. The normalized spacial score (nSPS) is 18.7. The number of nitrogens with one attached hydrogen (secondary N) is 1. The molecule has 1 aliphatic carbocycles. The van der Waals surface area contributed by atoms with Gasteiger partial charge in [-0.1, -0.05) is 17.7 Å². The molecule has 2 unspecified atom stereocenters. The molecule has 0 bridgehead atoms. The van der Waals surface area contributed by atoms with Crippen molar-refractivity contribution < 1.29 is 13.9 Å². The second-order valence-corrected chi connectivity index (χ2v) is 6.16. The smallest absolute Gasteiger partial charge is 0.193 e. The predicted octanol–water partition coefficient (Wildman–Crippen LogP) is 4.40. The van der Waals surface area contributed by atoms with Gasteiger partial charge in [0.25, 0.3) is 0 Å². The highest BCUT2D eigenvalue weighted by atomic mass is 127. The zero-order valence-corrected chi connectivity index (χ0v) is 17.4. The van der Waals surface area contributed by atoms with Gasteiger partial charge in [0.1, 0.15) is 5.82 Å². The lowest BCUT2D eigenvalue weighted by Gasteiger charge is -2.11. The van der Waals surface area contributed by atoms with Gasteiger partial charge >= 0.3 is 0 Å². The largest absolute Gasteiger partial charge is 0.493 e. The van der Waals surface area contributed by atoms with E-state index in [1.165, 1.54) is 6.07 Å². The van der Waals surface area contributed by atoms with E-state index in [9.17, 15) is 4.39 Å². The van der Waals surface area contributed by atoms with Crippen LogP contribution in [0.4, 0.5) is 10.1 Å². The first-order chi connectivity index (χ1) is 12.0. The molecule has 0 amide bonds. The zero-order chi connectivity index (χ0) is 18.0. The zero-order valence-electron chi connectivity index (χ0n) is 14.3. The predicted molar refractivity (Wildman–Crippen MR) is 113 cm³/mol. The van der Waals surface area contributed by atoms with E-state index in [1.807, 2.05) is 6.07 Å². The summed E-state index contributed by atoms with van der Waals surface area (Å²) >= 11 is 6.10. The van der Waals surface area contributed by atoms with E-state index < -0.39 is 0 Å². The van der Waals surface area contributed by atoms with Gasteiger partial charge in [-0.25, -0.2) is 9.38 Å². The number of anilines is 1. The summed E-state index contributed by atoms with van der Waals surface area (Å²) in [6, 6.07) is 9.95. The molecular formula is C18H20ClFIN3O2. The van der Waals surface area contributed by atoms with Gasteiger partial charge in [-0.3, -0.25) is 0 Å². The Morgan fingerprint density at radius 3 is 2.62 bits per heavy atom. The van der Waals surface area contributed by atoms with Crippen LogP contribution in [0.2, 0.25) is 5.02 Å². The SMILES string of the molecule is COc1ccc(NC(N)=NC2CC2c2c(F)cccc2Cl)cc1OC.I. The maximum atomic E-state index is 13.9. The van der Waals surface area contributed by atoms with Crippen LogP contribution in [-0.2, 0) is 0 Å². The minimum absolute atomic E-state index is 0. The molecule has 3 rings (SSSR count). The van der Waals surface area contributed by atoms with Crippen LogP contribution >= 0.6 is 35.6 Å². The number of methoxy groups -OCH3 is 2. The van der Waals surface area contributed by atoms with Crippen molar-refractivity contribution in [2.75, 3.05) is 19.5 Å². The Hall–Kier alpha value is -1.74. The minimum atomic E-state index is -0.304. The number of ether oxygens (including phenoxy) is 2. The van der Waals surface area contributed by atoms with Crippen molar-refractivity contribution in [2.45, 2.75) is 18.4 Å². The summed E-state index contributed by atoms with van der Waals surface area (Å²) in [6.07, 6.45) is 0.717. The third-order valence-electron chi connectivity index (χ3n) is 4.09. The number of guanidine groups is 1. The summed E-state index contributed by atoms with van der Waals surface area (Å²) in [6.45, 7) is 0. The van der Waals surface area contributed by atoms with Gasteiger partial charge < -0.3 is 20.5 Å². The summed E-state index contributed by atoms with van der Waals surface area (Å²) in [4.78, 5) is 4.41. The van der Waals surface area contributed by atoms with E-state index in [-0.39, 0.29) is 47.7 Å². The summed E-state index contributed by atoms with van der Waals surface area (Å²) < 4.78 is 24.4. The lowest BCUT2D eigenvalue weighted by Crippen LogP contribution is -2.23. The highest BCUT2D eigenvalue weighted by Gasteiger charge is 2.41. The molecule has 2 aromatic rings. The van der Waals surface area contributed by atoms with Gasteiger partial charge in [0, 0.05) is 28.3 Å². The fraction of sp³-hybridized carbons (Fsp3) is 0.278. The van der Waals surface area contributed by atoms with E-state index in [4.69, 9.17) is 26.8 Å². The van der Waals surface area contributed by atoms with Crippen molar-refractivity contribution in [3.8, 4) is 11.5 Å². The Bertz CT molecular complexity index is 799. The molecule has 3 N–H and O–H groups in total. The molecule has 0 saturated heterocycles. The standard InChI is InChI=1S/C18H19ClFN3O2.HI/c1-24-15-7-6-10(8-16(15)25-2)22-18(21)23-14-9-11(14)17-12(19)4-3-5-13(17)20;/h3-8,11,14H,9H2,1-2H3,(H3,21,22,23);1H. The topological polar surface area (TPSA) is 68.9 Å². The van der Waals surface area contributed by atoms with Crippen LogP contribution in [0.15, 0.2) is 41.4 Å². The summed E-state index contributed by atoms with van der Waals surface area (Å²) in [5.74, 6) is 1.12. The number of rotatable bonds is 5. The Kier molecular flexibility index (Phi) is 6.94. The van der Waals surface area contributed by atoms with Gasteiger partial charge in [0.15, 0.2) is 17.5 Å². The van der Waals surface area contributed by atoms with Crippen LogP contribution in [-0.4, -0.2) is 26.2 Å². The number of aliphatic imine (C=N–C) groups is 1. The van der Waals surface area contributed by atoms with E-state index >= 15 is 0 Å². The molecule has 2 atom stereocenters. The lowest BCUT2D eigenvalue weighted by atomic mass is 10.1. The molecule has 26 heavy (non-hydrogen) atoms. The molecule has 1 aliphatic rings. The first-order valence-electron chi connectivity index (χ1n) is 7.79. The number of nitrogens with two attached hydrogens (primary N) is 1. The number of hydrogen-bond acceptors (Lipinski definition) is 3. The van der Waals surface area contributed by atoms with Gasteiger partial charge in [-0.2, -0.15) is 0 Å². The molecule has 140 valence electrons. The summed E-state index contributed by atoms with van der Waals surface area (Å²) in [5.41, 5.74) is 7.20. The highest BCUT2D eigenvalue weighted by Crippen LogP contribution is 2.47. The van der Waals surface area contributed by atoms with Crippen LogP contribution in [0.5, 0.6) is 11.5 Å². The van der Waals surface area contributed by atoms with Gasteiger partial charge in [0.05, 0.1) is 20.3 Å². The number of halogens is 3. The Labute approximate surface area is 173 Å². The molecule has 1 fully saturated rings. The molecular weight excluding hydrogens is 472 g/mol. The van der Waals surface area contributed by atoms with E-state index in [1.54, 1.807) is 38.5 Å². The molecule has 0 spiro atoms. The number of nitrogens with zero attached hydrogens (tertiary/aromatic N) is 1. The molecule has 2 aromatic carbocycles. The Morgan fingerprint density at radius 1 is 1.23 bits per heavy atom. The monoisotopic (exact) mass is 491 g/mol. The first kappa shape index (κ1) is 20.6. The van der Waals surface area contributed by atoms with Gasteiger partial charge in [0.2, 0.25) is 0 Å². The van der Waals surface area contributed by atoms with Gasteiger partial charge in [-0.05, 0) is 30.7 Å². The van der Waals surface area contributed by atoms with Crippen molar-refractivity contribution in [2.24, 2.45) is 10.7 Å². The second kappa shape index (κ2) is 8.77. The van der Waals surface area contributed by atoms with Crippen molar-refractivity contribution >= 4 is 47.2 Å². The molecule has 0 aromatic heterocycles.